The van der Waals surface area contributed by atoms with Crippen LogP contribution in [-0.4, -0.2) is 34.4 Å². The van der Waals surface area contributed by atoms with E-state index in [-0.39, 0.29) is 5.54 Å². The second kappa shape index (κ2) is 3.26. The van der Waals surface area contributed by atoms with Crippen LogP contribution in [0.5, 0.6) is 0 Å². The van der Waals surface area contributed by atoms with Gasteiger partial charge in [-0.05, 0) is 27.2 Å². The van der Waals surface area contributed by atoms with Gasteiger partial charge in [0.25, 0.3) is 0 Å². The molecule has 4 heteroatoms. The standard InChI is InChI=1S/C9H17N3O/c1-8(2,3)11-9(6-10)4-5-12(13)7-9/h11,13H,4-5,7H2,1-3H3. The van der Waals surface area contributed by atoms with E-state index in [2.05, 4.69) is 11.4 Å². The fourth-order valence-corrected chi connectivity index (χ4v) is 1.73. The summed E-state index contributed by atoms with van der Waals surface area (Å²) in [6.07, 6.45) is 0.678. The van der Waals surface area contributed by atoms with E-state index in [1.165, 1.54) is 5.06 Å². The Labute approximate surface area is 79.1 Å². The van der Waals surface area contributed by atoms with Crippen molar-refractivity contribution in [1.29, 1.82) is 5.26 Å². The molecular weight excluding hydrogens is 166 g/mol. The van der Waals surface area contributed by atoms with Crippen LogP contribution in [0.1, 0.15) is 27.2 Å². The van der Waals surface area contributed by atoms with E-state index in [9.17, 15) is 5.21 Å². The number of hydroxylamine groups is 2. The Morgan fingerprint density at radius 1 is 1.54 bits per heavy atom. The Morgan fingerprint density at radius 2 is 2.15 bits per heavy atom. The van der Waals surface area contributed by atoms with Crippen LogP contribution in [0.4, 0.5) is 0 Å². The predicted molar refractivity (Wildman–Crippen MR) is 49.2 cm³/mol. The summed E-state index contributed by atoms with van der Waals surface area (Å²) in [5.41, 5.74) is -0.673. The third kappa shape index (κ3) is 2.66. The first-order valence-electron chi connectivity index (χ1n) is 4.51. The molecule has 74 valence electrons. The SMILES string of the molecule is CC(C)(C)NC1(C#N)CCN(O)C1. The highest BCUT2D eigenvalue weighted by Crippen LogP contribution is 2.22. The zero-order valence-electron chi connectivity index (χ0n) is 8.46. The van der Waals surface area contributed by atoms with Crippen molar-refractivity contribution in [3.05, 3.63) is 0 Å². The molecule has 1 heterocycles. The predicted octanol–water partition coefficient (Wildman–Crippen LogP) is 0.732. The molecule has 13 heavy (non-hydrogen) atoms. The highest BCUT2D eigenvalue weighted by atomic mass is 16.5. The number of nitriles is 1. The lowest BCUT2D eigenvalue weighted by Crippen LogP contribution is -2.54. The van der Waals surface area contributed by atoms with E-state index in [4.69, 9.17) is 5.26 Å². The van der Waals surface area contributed by atoms with Crippen molar-refractivity contribution >= 4 is 0 Å². The minimum absolute atomic E-state index is 0.0963. The van der Waals surface area contributed by atoms with Crippen LogP contribution in [-0.2, 0) is 0 Å². The minimum atomic E-state index is -0.576. The van der Waals surface area contributed by atoms with E-state index in [1.54, 1.807) is 0 Å². The quantitative estimate of drug-likeness (QED) is 0.629. The number of hydrogen-bond acceptors (Lipinski definition) is 4. The average molecular weight is 183 g/mol. The molecule has 0 spiro atoms. The zero-order chi connectivity index (χ0) is 10.1. The Balaban J connectivity index is 2.68. The monoisotopic (exact) mass is 183 g/mol. The van der Waals surface area contributed by atoms with Crippen molar-refractivity contribution in [3.63, 3.8) is 0 Å². The van der Waals surface area contributed by atoms with E-state index in [0.717, 1.165) is 0 Å². The van der Waals surface area contributed by atoms with Crippen LogP contribution in [0.15, 0.2) is 0 Å². The normalized spacial score (nSPS) is 30.4. The molecule has 1 fully saturated rings. The van der Waals surface area contributed by atoms with Gasteiger partial charge in [-0.1, -0.05) is 0 Å². The molecule has 1 atom stereocenters. The van der Waals surface area contributed by atoms with Gasteiger partial charge in [0.05, 0.1) is 12.6 Å². The van der Waals surface area contributed by atoms with Gasteiger partial charge in [-0.3, -0.25) is 5.32 Å². The molecule has 0 saturated carbocycles. The molecule has 0 aromatic carbocycles. The molecule has 0 aliphatic carbocycles. The molecule has 1 aliphatic rings. The summed E-state index contributed by atoms with van der Waals surface area (Å²) < 4.78 is 0. The van der Waals surface area contributed by atoms with Gasteiger partial charge >= 0.3 is 0 Å². The van der Waals surface area contributed by atoms with Gasteiger partial charge in [-0.25, -0.2) is 0 Å². The van der Waals surface area contributed by atoms with Crippen LogP contribution in [0.3, 0.4) is 0 Å². The average Bonchev–Trinajstić information content (AvgIpc) is 2.29. The lowest BCUT2D eigenvalue weighted by atomic mass is 9.95. The number of hydrogen-bond donors (Lipinski definition) is 2. The van der Waals surface area contributed by atoms with Crippen molar-refractivity contribution in [2.45, 2.75) is 38.3 Å². The van der Waals surface area contributed by atoms with Crippen LogP contribution in [0.2, 0.25) is 0 Å². The lowest BCUT2D eigenvalue weighted by Gasteiger charge is -2.31. The smallest absolute Gasteiger partial charge is 0.123 e. The largest absolute Gasteiger partial charge is 0.314 e. The molecule has 0 radical (unpaired) electrons. The van der Waals surface area contributed by atoms with E-state index >= 15 is 0 Å². The molecule has 0 amide bonds. The van der Waals surface area contributed by atoms with Crippen LogP contribution in [0.25, 0.3) is 0 Å². The maximum atomic E-state index is 9.23. The second-order valence-corrected chi connectivity index (χ2v) is 4.71. The third-order valence-electron chi connectivity index (χ3n) is 2.08. The first-order valence-corrected chi connectivity index (χ1v) is 4.51. The van der Waals surface area contributed by atoms with Crippen molar-refractivity contribution in [3.8, 4) is 6.07 Å². The Morgan fingerprint density at radius 3 is 2.46 bits per heavy atom. The van der Waals surface area contributed by atoms with Gasteiger partial charge in [0.1, 0.15) is 5.54 Å². The van der Waals surface area contributed by atoms with E-state index in [1.807, 2.05) is 20.8 Å². The molecule has 1 unspecified atom stereocenters. The highest BCUT2D eigenvalue weighted by Gasteiger charge is 2.40. The first kappa shape index (κ1) is 10.5. The molecule has 1 rings (SSSR count). The molecule has 1 saturated heterocycles. The zero-order valence-corrected chi connectivity index (χ0v) is 8.46. The summed E-state index contributed by atoms with van der Waals surface area (Å²) >= 11 is 0. The molecule has 2 N–H and O–H groups in total. The number of nitrogens with one attached hydrogen (secondary N) is 1. The molecule has 4 nitrogen and oxygen atoms in total. The summed E-state index contributed by atoms with van der Waals surface area (Å²) in [7, 11) is 0. The number of rotatable bonds is 1. The fourth-order valence-electron chi connectivity index (χ4n) is 1.73. The number of nitrogens with zero attached hydrogens (tertiary/aromatic N) is 2. The van der Waals surface area contributed by atoms with Crippen LogP contribution >= 0.6 is 0 Å². The van der Waals surface area contributed by atoms with Gasteiger partial charge in [-0.15, -0.1) is 0 Å². The Bertz CT molecular complexity index is 228. The molecule has 0 aromatic rings. The van der Waals surface area contributed by atoms with Gasteiger partial charge in [0.15, 0.2) is 0 Å². The molecule has 0 bridgehead atoms. The second-order valence-electron chi connectivity index (χ2n) is 4.71. The van der Waals surface area contributed by atoms with Gasteiger partial charge in [0, 0.05) is 12.1 Å². The Hall–Kier alpha value is -0.630. The van der Waals surface area contributed by atoms with E-state index < -0.39 is 5.54 Å². The summed E-state index contributed by atoms with van der Waals surface area (Å²) in [4.78, 5) is 0. The summed E-state index contributed by atoms with van der Waals surface area (Å²) in [5.74, 6) is 0. The fraction of sp³-hybridized carbons (Fsp3) is 0.889. The maximum Gasteiger partial charge on any atom is 0.123 e. The maximum absolute atomic E-state index is 9.23. The van der Waals surface area contributed by atoms with Crippen LogP contribution in [0, 0.1) is 11.3 Å². The van der Waals surface area contributed by atoms with Gasteiger partial charge < -0.3 is 5.21 Å². The summed E-state index contributed by atoms with van der Waals surface area (Å²) in [6, 6.07) is 2.25. The highest BCUT2D eigenvalue weighted by molar-refractivity contribution is 5.13. The third-order valence-corrected chi connectivity index (χ3v) is 2.08. The van der Waals surface area contributed by atoms with Crippen molar-refractivity contribution in [2.24, 2.45) is 0 Å². The van der Waals surface area contributed by atoms with Crippen LogP contribution < -0.4 is 5.32 Å². The lowest BCUT2D eigenvalue weighted by molar-refractivity contribution is -0.0725. The molecule has 0 aromatic heterocycles. The van der Waals surface area contributed by atoms with Gasteiger partial charge in [0.2, 0.25) is 0 Å². The van der Waals surface area contributed by atoms with Crippen molar-refractivity contribution in [1.82, 2.24) is 10.4 Å². The Kier molecular flexibility index (Phi) is 2.62. The summed E-state index contributed by atoms with van der Waals surface area (Å²) in [6.45, 7) is 7.02. The van der Waals surface area contributed by atoms with Gasteiger partial charge in [-0.2, -0.15) is 10.3 Å². The summed E-state index contributed by atoms with van der Waals surface area (Å²) in [5, 5.41) is 22.7. The molecule has 1 aliphatic heterocycles. The van der Waals surface area contributed by atoms with Crippen molar-refractivity contribution in [2.75, 3.05) is 13.1 Å². The molecular formula is C9H17N3O. The first-order chi connectivity index (χ1) is 5.87. The van der Waals surface area contributed by atoms with Crippen molar-refractivity contribution < 1.29 is 5.21 Å². The minimum Gasteiger partial charge on any atom is -0.314 e. The van der Waals surface area contributed by atoms with E-state index in [0.29, 0.717) is 19.5 Å². The topological polar surface area (TPSA) is 59.3 Å².